The number of rotatable bonds is 7. The van der Waals surface area contributed by atoms with Crippen LogP contribution in [-0.4, -0.2) is 50.4 Å². The third-order valence-corrected chi connectivity index (χ3v) is 5.15. The third kappa shape index (κ3) is 6.50. The first-order valence-electron chi connectivity index (χ1n) is 10.3. The number of aliphatic hydroxyl groups is 1. The van der Waals surface area contributed by atoms with Gasteiger partial charge in [-0.1, -0.05) is 42.0 Å². The van der Waals surface area contributed by atoms with E-state index >= 15 is 0 Å². The second kappa shape index (κ2) is 12.0. The summed E-state index contributed by atoms with van der Waals surface area (Å²) in [6.07, 6.45) is 0.405. The maximum absolute atomic E-state index is 10.5. The molecule has 0 aliphatic carbocycles. The Morgan fingerprint density at radius 3 is 2.80 bits per heavy atom. The van der Waals surface area contributed by atoms with E-state index in [0.717, 1.165) is 54.6 Å². The fraction of sp³-hybridized carbons (Fsp3) is 0.435. The summed E-state index contributed by atoms with van der Waals surface area (Å²) >= 11 is 0. The van der Waals surface area contributed by atoms with E-state index in [1.165, 1.54) is 0 Å². The monoisotopic (exact) mass is 524 g/mol. The molecule has 1 fully saturated rings. The van der Waals surface area contributed by atoms with Gasteiger partial charge in [-0.25, -0.2) is 0 Å². The Hall–Kier alpha value is -2.00. The van der Waals surface area contributed by atoms with Crippen molar-refractivity contribution in [3.63, 3.8) is 0 Å². The van der Waals surface area contributed by atoms with Crippen LogP contribution in [-0.2, 0) is 0 Å². The van der Waals surface area contributed by atoms with Gasteiger partial charge in [0.25, 0.3) is 0 Å². The van der Waals surface area contributed by atoms with Crippen molar-refractivity contribution >= 4 is 35.6 Å². The number of hydrogen-bond donors (Lipinski definition) is 3. The van der Waals surface area contributed by atoms with Crippen LogP contribution in [0.4, 0.5) is 5.69 Å². The third-order valence-electron chi connectivity index (χ3n) is 5.15. The lowest BCUT2D eigenvalue weighted by Crippen LogP contribution is -2.44. The number of nitrogens with one attached hydrogen (secondary N) is 2. The Morgan fingerprint density at radius 1 is 1.27 bits per heavy atom. The lowest BCUT2D eigenvalue weighted by Gasteiger charge is -2.22. The number of guanidine groups is 1. The highest BCUT2D eigenvalue weighted by Crippen LogP contribution is 2.30. The van der Waals surface area contributed by atoms with Crippen LogP contribution in [0.25, 0.3) is 0 Å². The highest BCUT2D eigenvalue weighted by molar-refractivity contribution is 14.0. The van der Waals surface area contributed by atoms with Gasteiger partial charge in [-0.05, 0) is 38.0 Å². The predicted octanol–water partition coefficient (Wildman–Crippen LogP) is 3.49. The lowest BCUT2D eigenvalue weighted by atomic mass is 10.1. The van der Waals surface area contributed by atoms with Gasteiger partial charge >= 0.3 is 0 Å². The minimum absolute atomic E-state index is 0. The standard InChI is InChI=1S/C23H32N4O2.HI/c1-4-24-23(25-15-21(28)18-9-7-8-17(2)14-18)26-19-12-13-27(16-19)20-10-5-6-11-22(20)29-3;/h5-11,14,19,21,28H,4,12-13,15-16H2,1-3H3,(H2,24,25,26);1H. The summed E-state index contributed by atoms with van der Waals surface area (Å²) in [5.41, 5.74) is 3.15. The van der Waals surface area contributed by atoms with Gasteiger partial charge in [0.05, 0.1) is 25.4 Å². The lowest BCUT2D eigenvalue weighted by molar-refractivity contribution is 0.187. The van der Waals surface area contributed by atoms with Gasteiger partial charge in [-0.3, -0.25) is 4.99 Å². The maximum atomic E-state index is 10.5. The predicted molar refractivity (Wildman–Crippen MR) is 134 cm³/mol. The molecule has 164 valence electrons. The zero-order chi connectivity index (χ0) is 20.6. The van der Waals surface area contributed by atoms with Crippen molar-refractivity contribution in [1.82, 2.24) is 10.6 Å². The molecule has 0 amide bonds. The molecule has 0 saturated carbocycles. The van der Waals surface area contributed by atoms with Crippen LogP contribution < -0.4 is 20.3 Å². The molecule has 3 N–H and O–H groups in total. The number of anilines is 1. The van der Waals surface area contributed by atoms with E-state index in [1.54, 1.807) is 7.11 Å². The molecule has 1 aliphatic rings. The highest BCUT2D eigenvalue weighted by atomic mass is 127. The number of methoxy groups -OCH3 is 1. The smallest absolute Gasteiger partial charge is 0.191 e. The van der Waals surface area contributed by atoms with Crippen molar-refractivity contribution < 1.29 is 9.84 Å². The van der Waals surface area contributed by atoms with Crippen molar-refractivity contribution in [2.24, 2.45) is 4.99 Å². The van der Waals surface area contributed by atoms with Gasteiger partial charge in [-0.2, -0.15) is 0 Å². The van der Waals surface area contributed by atoms with E-state index in [0.29, 0.717) is 6.54 Å². The van der Waals surface area contributed by atoms with Crippen LogP contribution in [0.2, 0.25) is 0 Å². The Bertz CT molecular complexity index is 830. The molecule has 6 nitrogen and oxygen atoms in total. The summed E-state index contributed by atoms with van der Waals surface area (Å²) in [6.45, 7) is 7.01. The first-order valence-corrected chi connectivity index (χ1v) is 10.3. The first kappa shape index (κ1) is 24.3. The normalized spacial score (nSPS) is 17.3. The zero-order valence-corrected chi connectivity index (χ0v) is 20.3. The SMILES string of the molecule is CCNC(=NCC(O)c1cccc(C)c1)NC1CCN(c2ccccc2OC)C1.I. The number of hydrogen-bond acceptors (Lipinski definition) is 4. The van der Waals surface area contributed by atoms with Crippen LogP contribution in [0.5, 0.6) is 5.75 Å². The summed E-state index contributed by atoms with van der Waals surface area (Å²) in [4.78, 5) is 6.95. The summed E-state index contributed by atoms with van der Waals surface area (Å²) in [6, 6.07) is 16.3. The van der Waals surface area contributed by atoms with Gasteiger partial charge in [0.2, 0.25) is 0 Å². The number of aliphatic imine (C=N–C) groups is 1. The number of nitrogens with zero attached hydrogens (tertiary/aromatic N) is 2. The summed E-state index contributed by atoms with van der Waals surface area (Å²) in [7, 11) is 1.71. The van der Waals surface area contributed by atoms with E-state index in [1.807, 2.05) is 56.3 Å². The number of halogens is 1. The number of ether oxygens (including phenoxy) is 1. The number of benzene rings is 2. The van der Waals surface area contributed by atoms with Crippen molar-refractivity contribution in [2.75, 3.05) is 38.2 Å². The minimum atomic E-state index is -0.612. The number of para-hydroxylation sites is 2. The molecule has 2 aromatic rings. The van der Waals surface area contributed by atoms with E-state index in [-0.39, 0.29) is 30.0 Å². The van der Waals surface area contributed by atoms with E-state index in [9.17, 15) is 5.11 Å². The Morgan fingerprint density at radius 2 is 2.07 bits per heavy atom. The molecule has 2 atom stereocenters. The molecule has 2 unspecified atom stereocenters. The molecule has 3 rings (SSSR count). The van der Waals surface area contributed by atoms with Crippen molar-refractivity contribution in [2.45, 2.75) is 32.4 Å². The second-order valence-corrected chi connectivity index (χ2v) is 7.40. The summed E-state index contributed by atoms with van der Waals surface area (Å²) < 4.78 is 5.50. The molecule has 0 bridgehead atoms. The van der Waals surface area contributed by atoms with Crippen molar-refractivity contribution in [3.8, 4) is 5.75 Å². The van der Waals surface area contributed by atoms with Gasteiger partial charge in [0, 0.05) is 25.7 Å². The molecule has 1 heterocycles. The van der Waals surface area contributed by atoms with Crippen LogP contribution in [0.1, 0.15) is 30.6 Å². The molecule has 1 saturated heterocycles. The van der Waals surface area contributed by atoms with Gasteiger partial charge in [-0.15, -0.1) is 24.0 Å². The Kier molecular flexibility index (Phi) is 9.71. The molecule has 0 radical (unpaired) electrons. The second-order valence-electron chi connectivity index (χ2n) is 7.40. The topological polar surface area (TPSA) is 69.1 Å². The van der Waals surface area contributed by atoms with Crippen LogP contribution in [0, 0.1) is 6.92 Å². The minimum Gasteiger partial charge on any atom is -0.495 e. The Balaban J connectivity index is 0.00000320. The van der Waals surface area contributed by atoms with E-state index in [4.69, 9.17) is 4.74 Å². The molecule has 2 aromatic carbocycles. The van der Waals surface area contributed by atoms with Crippen molar-refractivity contribution in [1.29, 1.82) is 0 Å². The zero-order valence-electron chi connectivity index (χ0n) is 18.0. The summed E-state index contributed by atoms with van der Waals surface area (Å²) in [5, 5.41) is 17.3. The molecule has 0 spiro atoms. The number of aryl methyl sites for hydroxylation is 1. The van der Waals surface area contributed by atoms with Crippen LogP contribution >= 0.6 is 24.0 Å². The van der Waals surface area contributed by atoms with Gasteiger partial charge < -0.3 is 25.4 Å². The fourth-order valence-corrected chi connectivity index (χ4v) is 3.66. The summed E-state index contributed by atoms with van der Waals surface area (Å²) in [5.74, 6) is 1.64. The average Bonchev–Trinajstić information content (AvgIpc) is 3.20. The quantitative estimate of drug-likeness (QED) is 0.294. The van der Waals surface area contributed by atoms with Crippen LogP contribution in [0.3, 0.4) is 0 Å². The first-order chi connectivity index (χ1) is 14.1. The largest absolute Gasteiger partial charge is 0.495 e. The maximum Gasteiger partial charge on any atom is 0.191 e. The molecule has 1 aliphatic heterocycles. The van der Waals surface area contributed by atoms with E-state index in [2.05, 4.69) is 26.6 Å². The van der Waals surface area contributed by atoms with E-state index < -0.39 is 6.10 Å². The van der Waals surface area contributed by atoms with Crippen molar-refractivity contribution in [3.05, 3.63) is 59.7 Å². The molecule has 30 heavy (non-hydrogen) atoms. The van der Waals surface area contributed by atoms with Crippen LogP contribution in [0.15, 0.2) is 53.5 Å². The number of aliphatic hydroxyl groups excluding tert-OH is 1. The fourth-order valence-electron chi connectivity index (χ4n) is 3.66. The highest BCUT2D eigenvalue weighted by Gasteiger charge is 2.25. The average molecular weight is 524 g/mol. The molecular weight excluding hydrogens is 491 g/mol. The molecule has 7 heteroatoms. The van der Waals surface area contributed by atoms with Gasteiger partial charge in [0.15, 0.2) is 5.96 Å². The van der Waals surface area contributed by atoms with Gasteiger partial charge in [0.1, 0.15) is 5.75 Å². The Labute approximate surface area is 196 Å². The molecular formula is C23H33IN4O2. The molecule has 0 aromatic heterocycles.